The number of aromatic carboxylic acids is 1. The summed E-state index contributed by atoms with van der Waals surface area (Å²) in [4.78, 5) is 9.98. The summed E-state index contributed by atoms with van der Waals surface area (Å²) >= 11 is 0. The van der Waals surface area contributed by atoms with Crippen LogP contribution >= 0.6 is 0 Å². The molecule has 0 fully saturated rings. The first-order valence-electron chi connectivity index (χ1n) is 5.20. The second-order valence-corrected chi connectivity index (χ2v) is 5.52. The zero-order chi connectivity index (χ0) is 14.6. The van der Waals surface area contributed by atoms with Crippen molar-refractivity contribution in [3.8, 4) is 6.07 Å². The van der Waals surface area contributed by atoms with Gasteiger partial charge >= 0.3 is 5.97 Å². The van der Waals surface area contributed by atoms with Crippen LogP contribution in [0.1, 0.15) is 23.7 Å². The third kappa shape index (κ3) is 3.74. The largest absolute Gasteiger partial charge is 0.478 e. The van der Waals surface area contributed by atoms with Crippen LogP contribution in [0.4, 0.5) is 4.39 Å². The number of halogens is 1. The third-order valence-corrected chi connectivity index (χ3v) is 3.83. The highest BCUT2D eigenvalue weighted by Gasteiger charge is 2.22. The molecule has 6 nitrogen and oxygen atoms in total. The van der Waals surface area contributed by atoms with Crippen molar-refractivity contribution in [3.63, 3.8) is 0 Å². The topological polar surface area (TPSA) is 107 Å². The van der Waals surface area contributed by atoms with Gasteiger partial charge in [0.15, 0.2) is 0 Å². The van der Waals surface area contributed by atoms with Crippen LogP contribution in [0.15, 0.2) is 23.1 Å². The molecule has 102 valence electrons. The number of nitrogens with zero attached hydrogens (tertiary/aromatic N) is 1. The van der Waals surface area contributed by atoms with E-state index < -0.39 is 32.7 Å². The van der Waals surface area contributed by atoms with Crippen molar-refractivity contribution < 1.29 is 22.7 Å². The van der Waals surface area contributed by atoms with E-state index >= 15 is 0 Å². The van der Waals surface area contributed by atoms with Gasteiger partial charge in [0, 0.05) is 6.04 Å². The van der Waals surface area contributed by atoms with Crippen LogP contribution in [0.5, 0.6) is 0 Å². The molecule has 1 atom stereocenters. The lowest BCUT2D eigenvalue weighted by Gasteiger charge is -2.12. The predicted molar refractivity (Wildman–Crippen MR) is 63.4 cm³/mol. The van der Waals surface area contributed by atoms with Gasteiger partial charge in [-0.05, 0) is 25.1 Å². The molecule has 0 aliphatic rings. The summed E-state index contributed by atoms with van der Waals surface area (Å²) in [7, 11) is -4.21. The van der Waals surface area contributed by atoms with Gasteiger partial charge in [-0.2, -0.15) is 5.26 Å². The number of rotatable bonds is 5. The van der Waals surface area contributed by atoms with Crippen molar-refractivity contribution in [2.45, 2.75) is 24.3 Å². The van der Waals surface area contributed by atoms with E-state index in [0.29, 0.717) is 0 Å². The highest BCUT2D eigenvalue weighted by atomic mass is 32.2. The molecule has 1 aromatic rings. The molecule has 0 spiro atoms. The van der Waals surface area contributed by atoms with Crippen LogP contribution in [0.3, 0.4) is 0 Å². The van der Waals surface area contributed by atoms with Crippen LogP contribution in [-0.2, 0) is 10.0 Å². The molecule has 1 rings (SSSR count). The highest BCUT2D eigenvalue weighted by Crippen LogP contribution is 2.17. The molecule has 0 radical (unpaired) electrons. The monoisotopic (exact) mass is 286 g/mol. The van der Waals surface area contributed by atoms with E-state index in [2.05, 4.69) is 4.72 Å². The zero-order valence-electron chi connectivity index (χ0n) is 9.92. The fraction of sp³-hybridized carbons (Fsp3) is 0.273. The Hall–Kier alpha value is -1.98. The molecule has 0 aliphatic heterocycles. The SMILES string of the molecule is CC(CC#N)NS(=O)(=O)c1cc(C(=O)O)ccc1F. The maximum absolute atomic E-state index is 13.5. The molecule has 0 heterocycles. The molecular formula is C11H11FN2O4S. The van der Waals surface area contributed by atoms with Gasteiger partial charge in [-0.1, -0.05) is 0 Å². The Morgan fingerprint density at radius 2 is 2.21 bits per heavy atom. The number of hydrogen-bond acceptors (Lipinski definition) is 4. The number of carboxylic acid groups (broad SMARTS) is 1. The van der Waals surface area contributed by atoms with Gasteiger partial charge in [0.05, 0.1) is 18.1 Å². The van der Waals surface area contributed by atoms with Gasteiger partial charge in [0.2, 0.25) is 10.0 Å². The number of nitrogens with one attached hydrogen (secondary N) is 1. The minimum absolute atomic E-state index is 0.0839. The molecule has 8 heteroatoms. The fourth-order valence-electron chi connectivity index (χ4n) is 1.35. The van der Waals surface area contributed by atoms with Gasteiger partial charge in [-0.25, -0.2) is 22.3 Å². The van der Waals surface area contributed by atoms with E-state index in [1.807, 2.05) is 0 Å². The maximum Gasteiger partial charge on any atom is 0.335 e. The Labute approximate surface area is 109 Å². The van der Waals surface area contributed by atoms with Gasteiger partial charge in [0.25, 0.3) is 0 Å². The molecule has 0 aliphatic carbocycles. The molecule has 0 saturated carbocycles. The van der Waals surface area contributed by atoms with E-state index in [1.165, 1.54) is 6.92 Å². The number of hydrogen-bond donors (Lipinski definition) is 2. The Morgan fingerprint density at radius 3 is 2.74 bits per heavy atom. The fourth-order valence-corrected chi connectivity index (χ4v) is 2.70. The van der Waals surface area contributed by atoms with Crippen molar-refractivity contribution in [2.24, 2.45) is 0 Å². The van der Waals surface area contributed by atoms with Gasteiger partial charge in [-0.15, -0.1) is 0 Å². The van der Waals surface area contributed by atoms with Crippen LogP contribution in [0.25, 0.3) is 0 Å². The van der Waals surface area contributed by atoms with Crippen molar-refractivity contribution in [1.82, 2.24) is 4.72 Å². The number of carbonyl (C=O) groups is 1. The first-order chi connectivity index (χ1) is 8.77. The van der Waals surface area contributed by atoms with Crippen molar-refractivity contribution >= 4 is 16.0 Å². The molecule has 2 N–H and O–H groups in total. The molecule has 0 saturated heterocycles. The molecule has 0 bridgehead atoms. The lowest BCUT2D eigenvalue weighted by molar-refractivity contribution is 0.0696. The molecule has 0 aromatic heterocycles. The number of nitriles is 1. The molecular weight excluding hydrogens is 275 g/mol. The first-order valence-corrected chi connectivity index (χ1v) is 6.68. The van der Waals surface area contributed by atoms with Gasteiger partial charge < -0.3 is 5.11 Å². The Kier molecular flexibility index (Phi) is 4.58. The number of benzene rings is 1. The average molecular weight is 286 g/mol. The van der Waals surface area contributed by atoms with Crippen LogP contribution in [0, 0.1) is 17.1 Å². The second-order valence-electron chi connectivity index (χ2n) is 3.83. The van der Waals surface area contributed by atoms with E-state index in [9.17, 15) is 17.6 Å². The van der Waals surface area contributed by atoms with Gasteiger partial charge in [-0.3, -0.25) is 0 Å². The van der Waals surface area contributed by atoms with Crippen molar-refractivity contribution in [2.75, 3.05) is 0 Å². The first kappa shape index (κ1) is 15.1. The van der Waals surface area contributed by atoms with Crippen LogP contribution < -0.4 is 4.72 Å². The third-order valence-electron chi connectivity index (χ3n) is 2.22. The smallest absolute Gasteiger partial charge is 0.335 e. The summed E-state index contributed by atoms with van der Waals surface area (Å²) in [6.07, 6.45) is -0.0839. The highest BCUT2D eigenvalue weighted by molar-refractivity contribution is 7.89. The summed E-state index contributed by atoms with van der Waals surface area (Å²) in [5, 5.41) is 17.2. The minimum Gasteiger partial charge on any atom is -0.478 e. The summed E-state index contributed by atoms with van der Waals surface area (Å²) in [6.45, 7) is 1.44. The summed E-state index contributed by atoms with van der Waals surface area (Å²) in [5.74, 6) is -2.41. The molecule has 1 unspecified atom stereocenters. The maximum atomic E-state index is 13.5. The molecule has 1 aromatic carbocycles. The summed E-state index contributed by atoms with van der Waals surface area (Å²) < 4.78 is 39.3. The summed E-state index contributed by atoms with van der Waals surface area (Å²) in [5.41, 5.74) is -0.338. The predicted octanol–water partition coefficient (Wildman–Crippen LogP) is 1.10. The Balaban J connectivity index is 3.18. The second kappa shape index (κ2) is 5.77. The van der Waals surface area contributed by atoms with E-state index in [0.717, 1.165) is 18.2 Å². The lowest BCUT2D eigenvalue weighted by Crippen LogP contribution is -2.33. The molecule has 19 heavy (non-hydrogen) atoms. The van der Waals surface area contributed by atoms with Gasteiger partial charge in [0.1, 0.15) is 10.7 Å². The van der Waals surface area contributed by atoms with E-state index in [-0.39, 0.29) is 12.0 Å². The normalized spacial score (nSPS) is 12.7. The van der Waals surface area contributed by atoms with Crippen LogP contribution in [-0.4, -0.2) is 25.5 Å². The average Bonchev–Trinajstić information content (AvgIpc) is 2.28. The Bertz CT molecular complexity index is 637. The minimum atomic E-state index is -4.21. The Morgan fingerprint density at radius 1 is 1.58 bits per heavy atom. The van der Waals surface area contributed by atoms with E-state index in [4.69, 9.17) is 10.4 Å². The number of sulfonamides is 1. The zero-order valence-corrected chi connectivity index (χ0v) is 10.7. The molecule has 0 amide bonds. The van der Waals surface area contributed by atoms with Crippen molar-refractivity contribution in [1.29, 1.82) is 5.26 Å². The standard InChI is InChI=1S/C11H11FN2O4S/c1-7(4-5-13)14-19(17,18)10-6-8(11(15)16)2-3-9(10)12/h2-3,6-7,14H,4H2,1H3,(H,15,16). The van der Waals surface area contributed by atoms with Crippen LogP contribution in [0.2, 0.25) is 0 Å². The van der Waals surface area contributed by atoms with E-state index in [1.54, 1.807) is 6.07 Å². The summed E-state index contributed by atoms with van der Waals surface area (Å²) in [6, 6.07) is 3.54. The van der Waals surface area contributed by atoms with Crippen molar-refractivity contribution in [3.05, 3.63) is 29.6 Å². The number of carboxylic acids is 1. The quantitative estimate of drug-likeness (QED) is 0.843. The lowest BCUT2D eigenvalue weighted by atomic mass is 10.2.